The van der Waals surface area contributed by atoms with E-state index in [9.17, 15) is 33.6 Å². The largest absolute Gasteiger partial charge is 0.489 e. The van der Waals surface area contributed by atoms with E-state index in [2.05, 4.69) is 57.0 Å². The van der Waals surface area contributed by atoms with Crippen LogP contribution in [0.25, 0.3) is 33.2 Å². The SMILES string of the molecule is [3H]C#COC(=O)C(CC(=O)[C@H](CCCCNC)NC(=O)OCC1c2ccccc2-c2ccccc21)Cc1ccc(OCc2ccccc2)cc1.[3H]C#COC(=O)C(CC(=O)[C@H](CCCCNC)NC(=O)[C@@H](Cc1cn(C)c2ccccc12)NC(=O)OCC1c2ccccc2-c2ccccc21)Cc1ccc(OCc2ccccc2)cc1. The van der Waals surface area contributed by atoms with Gasteiger partial charge in [-0.1, -0.05) is 213 Å². The molecule has 5 N–H and O–H groups in total. The van der Waals surface area contributed by atoms with Crippen LogP contribution in [0.15, 0.2) is 237 Å². The number of aromatic nitrogens is 1. The van der Waals surface area contributed by atoms with Crippen LogP contribution in [0.3, 0.4) is 0 Å². The number of aryl methyl sites for hydroxylation is 1. The number of carbonyl (C=O) groups excluding carboxylic acids is 7. The van der Waals surface area contributed by atoms with Gasteiger partial charge in [0.25, 0.3) is 0 Å². The first-order valence-corrected chi connectivity index (χ1v) is 38.4. The van der Waals surface area contributed by atoms with Gasteiger partial charge in [0.05, 0.1) is 23.9 Å². The van der Waals surface area contributed by atoms with Crippen LogP contribution in [-0.2, 0) is 82.4 Å². The molecule has 2 aliphatic rings. The number of esters is 2. The average Bonchev–Trinajstić information content (AvgIpc) is 1.62. The van der Waals surface area contributed by atoms with Gasteiger partial charge in [-0.2, -0.15) is 0 Å². The smallest absolute Gasteiger partial charge is 0.407 e. The second-order valence-corrected chi connectivity index (χ2v) is 28.3. The molecular formula is C94H96N6O13. The zero-order valence-electron chi connectivity index (χ0n) is 65.8. The van der Waals surface area contributed by atoms with Gasteiger partial charge in [0.15, 0.2) is 11.6 Å². The van der Waals surface area contributed by atoms with E-state index in [1.54, 1.807) is 12.1 Å². The highest BCUT2D eigenvalue weighted by Gasteiger charge is 2.36. The first kappa shape index (κ1) is 78.6. The van der Waals surface area contributed by atoms with Gasteiger partial charge in [-0.25, -0.2) is 9.59 Å². The Labute approximate surface area is 663 Å². The molecule has 0 radical (unpaired) electrons. The molecule has 0 saturated heterocycles. The third-order valence-corrected chi connectivity index (χ3v) is 20.6. The Morgan fingerprint density at radius 3 is 1.26 bits per heavy atom. The van der Waals surface area contributed by atoms with Crippen LogP contribution >= 0.6 is 0 Å². The second-order valence-electron chi connectivity index (χ2n) is 28.3. The van der Waals surface area contributed by atoms with Crippen molar-refractivity contribution in [2.75, 3.05) is 40.4 Å². The van der Waals surface area contributed by atoms with Crippen molar-refractivity contribution in [3.63, 3.8) is 0 Å². The fraction of sp³-hybridized carbons (Fsp3) is 0.287. The first-order valence-electron chi connectivity index (χ1n) is 39.4. The molecular weight excluding hydrogens is 1420 g/mol. The Morgan fingerprint density at radius 1 is 0.442 bits per heavy atom. The molecule has 1 heterocycles. The fourth-order valence-corrected chi connectivity index (χ4v) is 14.8. The van der Waals surface area contributed by atoms with Crippen molar-refractivity contribution in [2.45, 2.75) is 114 Å². The summed E-state index contributed by atoms with van der Waals surface area (Å²) >= 11 is 0. The summed E-state index contributed by atoms with van der Waals surface area (Å²) in [5, 5.41) is 15.8. The lowest BCUT2D eigenvalue weighted by Gasteiger charge is -2.24. The molecule has 0 saturated carbocycles. The van der Waals surface area contributed by atoms with E-state index >= 15 is 0 Å². The van der Waals surface area contributed by atoms with E-state index in [1.165, 1.54) is 0 Å². The quantitative estimate of drug-likeness (QED) is 0.0105. The minimum Gasteiger partial charge on any atom is -0.489 e. The van der Waals surface area contributed by atoms with Crippen molar-refractivity contribution < 1.29 is 64.7 Å². The lowest BCUT2D eigenvalue weighted by molar-refractivity contribution is -0.144. The van der Waals surface area contributed by atoms with Gasteiger partial charge < -0.3 is 59.6 Å². The second kappa shape index (κ2) is 41.5. The van der Waals surface area contributed by atoms with Crippen molar-refractivity contribution in [1.82, 2.24) is 31.2 Å². The summed E-state index contributed by atoms with van der Waals surface area (Å²) in [4.78, 5) is 96.2. The molecule has 10 aromatic rings. The number of carbonyl (C=O) groups is 7. The number of Topliss-reactive ketones (excluding diaryl/α,β-unsaturated/α-hetero) is 2. The van der Waals surface area contributed by atoms with Crippen molar-refractivity contribution in [3.8, 4) is 58.8 Å². The molecule has 580 valence electrons. The van der Waals surface area contributed by atoms with Crippen molar-refractivity contribution in [3.05, 3.63) is 287 Å². The van der Waals surface area contributed by atoms with E-state index in [0.717, 1.165) is 103 Å². The number of ketones is 2. The molecule has 1 aromatic heterocycles. The molecule has 113 heavy (non-hydrogen) atoms. The highest BCUT2D eigenvalue weighted by Crippen LogP contribution is 2.46. The van der Waals surface area contributed by atoms with Crippen LogP contribution < -0.4 is 36.1 Å². The monoisotopic (exact) mass is 1520 g/mol. The summed E-state index contributed by atoms with van der Waals surface area (Å²) in [5.74, 6) is -3.58. The van der Waals surface area contributed by atoms with Gasteiger partial charge in [-0.15, -0.1) is 0 Å². The Kier molecular flexibility index (Phi) is 28.8. The maximum atomic E-state index is 14.5. The minimum atomic E-state index is -1.13. The van der Waals surface area contributed by atoms with E-state index in [4.69, 9.17) is 31.2 Å². The predicted molar refractivity (Wildman–Crippen MR) is 436 cm³/mol. The molecule has 0 aliphatic heterocycles. The molecule has 19 nitrogen and oxygen atoms in total. The number of rotatable bonds is 38. The number of ether oxygens (including phenoxy) is 6. The highest BCUT2D eigenvalue weighted by atomic mass is 16.6. The number of para-hydroxylation sites is 1. The van der Waals surface area contributed by atoms with Crippen LogP contribution in [0, 0.1) is 36.8 Å². The summed E-state index contributed by atoms with van der Waals surface area (Å²) in [7, 11) is 5.62. The standard InChI is InChI=1S/C53H54N4O7.C41H42N2O6/c1-4-62-52(60)38(30-36-25-27-40(28-26-36)63-34-37-16-6-5-7-17-37)32-50(58)47(23-14-15-29-54-2)55-51(59)48(31-39-33-57(3)49-24-13-12-18-41(39)49)56-53(61)64-35-46-44-21-10-8-19-42(44)43-20-9-11-22-45(43)46;1-3-47-40(45)31(25-29-20-22-32(23-21-29)48-27-30-13-5-4-6-14-30)26-39(44)38(19-11-12-24-42-2)43-41(46)49-28-37-35-17-9-7-15-33(35)34-16-8-10-18-36(34)37/h1,5-13,16-22,24-28,33,38,46-48,54H,14-15,23,29-32,34-35H2,2-3H3,(H,55,59)(H,56,61);1,4-10,13-18,20-23,31,37-38,42H,11-12,19,24-28H2,2H3,(H,43,46)/t38?,47-,48+;31?,38-/m00/s1/i2*1T. The van der Waals surface area contributed by atoms with Crippen LogP contribution in [0.1, 0.15) is 116 Å². The highest BCUT2D eigenvalue weighted by molar-refractivity contribution is 5.95. The number of unbranched alkanes of at least 4 members (excludes halogenated alkanes) is 2. The molecule has 5 atom stereocenters. The third-order valence-electron chi connectivity index (χ3n) is 20.6. The maximum Gasteiger partial charge on any atom is 0.407 e. The van der Waals surface area contributed by atoms with E-state index < -0.39 is 60.0 Å². The van der Waals surface area contributed by atoms with Crippen molar-refractivity contribution in [1.29, 1.82) is 0 Å². The van der Waals surface area contributed by atoms with Crippen LogP contribution in [0.2, 0.25) is 0 Å². The molecule has 3 amide bonds. The zero-order valence-corrected chi connectivity index (χ0v) is 63.8. The average molecular weight is 1520 g/mol. The Balaban J connectivity index is 0.000000234. The van der Waals surface area contributed by atoms with Crippen molar-refractivity contribution in [2.24, 2.45) is 18.9 Å². The lowest BCUT2D eigenvalue weighted by atomic mass is 9.90. The van der Waals surface area contributed by atoms with Gasteiger partial charge in [0.2, 0.25) is 5.91 Å². The molecule has 12 rings (SSSR count). The zero-order chi connectivity index (χ0) is 80.7. The Morgan fingerprint density at radius 2 is 0.832 bits per heavy atom. The molecule has 0 bridgehead atoms. The van der Waals surface area contributed by atoms with Crippen LogP contribution in [0.4, 0.5) is 9.59 Å². The fourth-order valence-electron chi connectivity index (χ4n) is 14.8. The number of terminal acetylenes is 2. The summed E-state index contributed by atoms with van der Waals surface area (Å²) < 4.78 is 49.8. The lowest BCUT2D eigenvalue weighted by Crippen LogP contribution is -2.53. The number of fused-ring (bicyclic) bond motifs is 7. The molecule has 0 fully saturated rings. The summed E-state index contributed by atoms with van der Waals surface area (Å²) in [5.41, 5.74) is 14.1. The Hall–Kier alpha value is -12.6. The normalized spacial score (nSPS) is 13.2. The third kappa shape index (κ3) is 22.6. The van der Waals surface area contributed by atoms with Gasteiger partial charge in [-0.05, 0) is 181 Å². The molecule has 0 spiro atoms. The number of amides is 3. The van der Waals surface area contributed by atoms with Crippen molar-refractivity contribution >= 4 is 52.5 Å². The summed E-state index contributed by atoms with van der Waals surface area (Å²) in [6.07, 6.45) is 11.7. The molecule has 2 unspecified atom stereocenters. The number of hydrogen-bond acceptors (Lipinski definition) is 15. The number of benzene rings is 9. The van der Waals surface area contributed by atoms with Crippen LogP contribution in [0.5, 0.6) is 11.5 Å². The molecule has 19 heteroatoms. The van der Waals surface area contributed by atoms with Gasteiger partial charge >= 0.3 is 24.1 Å². The van der Waals surface area contributed by atoms with Gasteiger partial charge in [-0.3, -0.25) is 24.0 Å². The minimum absolute atomic E-state index is 0.0561. The van der Waals surface area contributed by atoms with Gasteiger partial charge in [0.1, 0.15) is 58.9 Å². The number of alkyl carbamates (subject to hydrolysis) is 2. The summed E-state index contributed by atoms with van der Waals surface area (Å²) in [6.45, 7) is 2.45. The van der Waals surface area contributed by atoms with E-state index in [0.29, 0.717) is 56.9 Å². The topological polar surface area (TPSA) is 240 Å². The number of nitrogens with one attached hydrogen (secondary N) is 5. The van der Waals surface area contributed by atoms with Gasteiger partial charge in [0, 0.05) is 55.2 Å². The first-order chi connectivity index (χ1) is 56.2. The Bertz CT molecular complexity index is 4990. The molecule has 9 aromatic carbocycles. The summed E-state index contributed by atoms with van der Waals surface area (Å²) in [6, 6.07) is 71.3. The predicted octanol–water partition coefficient (Wildman–Crippen LogP) is 14.8. The van der Waals surface area contributed by atoms with E-state index in [-0.39, 0.29) is 68.7 Å². The molecule has 2 aliphatic carbocycles. The number of nitrogens with zero attached hydrogens (tertiary/aromatic N) is 1. The van der Waals surface area contributed by atoms with E-state index in [1.807, 2.05) is 245 Å². The maximum absolute atomic E-state index is 14.5. The van der Waals surface area contributed by atoms with Crippen LogP contribution in [-0.4, -0.2) is 105 Å². The number of hydrogen-bond donors (Lipinski definition) is 5.